The molecular weight excluding hydrogens is 314 g/mol. The molecule has 1 N–H and O–H groups in total. The Balaban J connectivity index is 2.38. The van der Waals surface area contributed by atoms with Crippen LogP contribution in [0.3, 0.4) is 0 Å². The standard InChI is InChI=1S/C17H24ClN3S/c1-5-21-11-20-16(15(10-19-4)12(2)3)17(21)22-14-8-6-7-13(18)9-14/h6-9,11-12,15,19H,5,10H2,1-4H3. The third-order valence-corrected chi connectivity index (χ3v) is 5.11. The van der Waals surface area contributed by atoms with E-state index in [0.29, 0.717) is 11.8 Å². The predicted octanol–water partition coefficient (Wildman–Crippen LogP) is 4.67. The van der Waals surface area contributed by atoms with Crippen LogP contribution in [0.5, 0.6) is 0 Å². The number of aryl methyl sites for hydroxylation is 1. The Labute approximate surface area is 142 Å². The minimum atomic E-state index is 0.402. The number of hydrogen-bond acceptors (Lipinski definition) is 3. The van der Waals surface area contributed by atoms with Crippen molar-refractivity contribution in [3.05, 3.63) is 41.3 Å². The molecule has 0 saturated heterocycles. The van der Waals surface area contributed by atoms with Gasteiger partial charge in [0.05, 0.1) is 12.0 Å². The Bertz CT molecular complexity index is 610. The first-order valence-electron chi connectivity index (χ1n) is 7.69. The molecule has 5 heteroatoms. The summed E-state index contributed by atoms with van der Waals surface area (Å²) in [5.41, 5.74) is 1.18. The van der Waals surface area contributed by atoms with Crippen LogP contribution in [0.2, 0.25) is 5.02 Å². The zero-order chi connectivity index (χ0) is 16.1. The number of likely N-dealkylation sites (N-methyl/N-ethyl adjacent to an activating group) is 1. The Morgan fingerprint density at radius 2 is 2.14 bits per heavy atom. The van der Waals surface area contributed by atoms with E-state index >= 15 is 0 Å². The van der Waals surface area contributed by atoms with E-state index < -0.39 is 0 Å². The normalized spacial score (nSPS) is 12.8. The monoisotopic (exact) mass is 337 g/mol. The highest BCUT2D eigenvalue weighted by Crippen LogP contribution is 2.36. The average Bonchev–Trinajstić information content (AvgIpc) is 2.87. The van der Waals surface area contributed by atoms with E-state index in [1.165, 1.54) is 10.7 Å². The van der Waals surface area contributed by atoms with Crippen molar-refractivity contribution in [3.63, 3.8) is 0 Å². The first-order valence-corrected chi connectivity index (χ1v) is 8.89. The highest BCUT2D eigenvalue weighted by atomic mass is 35.5. The Hall–Kier alpha value is -0.970. The zero-order valence-electron chi connectivity index (χ0n) is 13.6. The first kappa shape index (κ1) is 17.4. The maximum Gasteiger partial charge on any atom is 0.103 e. The molecule has 0 spiro atoms. The fourth-order valence-corrected chi connectivity index (χ4v) is 3.90. The maximum absolute atomic E-state index is 6.12. The fraction of sp³-hybridized carbons (Fsp3) is 0.471. The van der Waals surface area contributed by atoms with Crippen LogP contribution in [-0.4, -0.2) is 23.1 Å². The third kappa shape index (κ3) is 4.06. The summed E-state index contributed by atoms with van der Waals surface area (Å²) in [6, 6.07) is 7.99. The van der Waals surface area contributed by atoms with E-state index in [4.69, 9.17) is 16.6 Å². The van der Waals surface area contributed by atoms with E-state index in [1.807, 2.05) is 31.6 Å². The number of nitrogens with zero attached hydrogens (tertiary/aromatic N) is 2. The van der Waals surface area contributed by atoms with Crippen molar-refractivity contribution in [2.45, 2.75) is 43.2 Å². The van der Waals surface area contributed by atoms with Crippen LogP contribution in [-0.2, 0) is 6.54 Å². The van der Waals surface area contributed by atoms with Crippen LogP contribution in [0.15, 0.2) is 40.5 Å². The van der Waals surface area contributed by atoms with Crippen LogP contribution in [0.1, 0.15) is 32.4 Å². The van der Waals surface area contributed by atoms with E-state index in [9.17, 15) is 0 Å². The quantitative estimate of drug-likeness (QED) is 0.796. The Morgan fingerprint density at radius 1 is 1.36 bits per heavy atom. The fourth-order valence-electron chi connectivity index (χ4n) is 2.49. The largest absolute Gasteiger partial charge is 0.326 e. The third-order valence-electron chi connectivity index (χ3n) is 3.75. The molecule has 2 rings (SSSR count). The molecule has 1 heterocycles. The van der Waals surface area contributed by atoms with Crippen LogP contribution in [0, 0.1) is 5.92 Å². The number of benzene rings is 1. The average molecular weight is 338 g/mol. The van der Waals surface area contributed by atoms with E-state index in [1.54, 1.807) is 11.8 Å². The lowest BCUT2D eigenvalue weighted by atomic mass is 9.93. The minimum absolute atomic E-state index is 0.402. The van der Waals surface area contributed by atoms with Gasteiger partial charge in [0.25, 0.3) is 0 Å². The Kier molecular flexibility index (Phi) is 6.36. The summed E-state index contributed by atoms with van der Waals surface area (Å²) in [5, 5.41) is 5.28. The number of rotatable bonds is 7. The molecule has 2 aromatic rings. The summed E-state index contributed by atoms with van der Waals surface area (Å²) in [6.45, 7) is 8.50. The van der Waals surface area contributed by atoms with Crippen LogP contribution >= 0.6 is 23.4 Å². The van der Waals surface area contributed by atoms with Gasteiger partial charge in [-0.2, -0.15) is 0 Å². The first-order chi connectivity index (χ1) is 10.6. The van der Waals surface area contributed by atoms with Crippen molar-refractivity contribution in [3.8, 4) is 0 Å². The molecule has 1 unspecified atom stereocenters. The molecule has 0 radical (unpaired) electrons. The smallest absolute Gasteiger partial charge is 0.103 e. The van der Waals surface area contributed by atoms with Gasteiger partial charge >= 0.3 is 0 Å². The predicted molar refractivity (Wildman–Crippen MR) is 95.0 cm³/mol. The van der Waals surface area contributed by atoms with Crippen LogP contribution in [0.4, 0.5) is 0 Å². The molecular formula is C17H24ClN3S. The molecule has 0 saturated carbocycles. The number of hydrogen-bond donors (Lipinski definition) is 1. The second kappa shape index (κ2) is 8.04. The summed E-state index contributed by atoms with van der Waals surface area (Å²) in [7, 11) is 2.00. The molecule has 3 nitrogen and oxygen atoms in total. The molecule has 0 aliphatic heterocycles. The van der Waals surface area contributed by atoms with Gasteiger partial charge in [-0.15, -0.1) is 0 Å². The molecule has 0 aliphatic carbocycles. The van der Waals surface area contributed by atoms with Crippen LogP contribution < -0.4 is 5.32 Å². The summed E-state index contributed by atoms with van der Waals surface area (Å²) in [4.78, 5) is 5.86. The lowest BCUT2D eigenvalue weighted by molar-refractivity contribution is 0.461. The minimum Gasteiger partial charge on any atom is -0.326 e. The highest BCUT2D eigenvalue weighted by Gasteiger charge is 2.23. The second-order valence-electron chi connectivity index (χ2n) is 5.69. The van der Waals surface area contributed by atoms with Gasteiger partial charge in [0.2, 0.25) is 0 Å². The van der Waals surface area contributed by atoms with Crippen molar-refractivity contribution >= 4 is 23.4 Å². The molecule has 1 aromatic carbocycles. The number of imidazole rings is 1. The molecule has 0 amide bonds. The molecule has 1 atom stereocenters. The van der Waals surface area contributed by atoms with Gasteiger partial charge < -0.3 is 9.88 Å². The van der Waals surface area contributed by atoms with Gasteiger partial charge in [-0.25, -0.2) is 4.98 Å². The van der Waals surface area contributed by atoms with E-state index in [2.05, 4.69) is 36.7 Å². The number of aromatic nitrogens is 2. The topological polar surface area (TPSA) is 29.9 Å². The second-order valence-corrected chi connectivity index (χ2v) is 7.19. The van der Waals surface area contributed by atoms with Crippen molar-refractivity contribution < 1.29 is 0 Å². The lowest BCUT2D eigenvalue weighted by Crippen LogP contribution is -2.22. The molecule has 0 fully saturated rings. The van der Waals surface area contributed by atoms with Crippen molar-refractivity contribution in [2.24, 2.45) is 5.92 Å². The van der Waals surface area contributed by atoms with Gasteiger partial charge in [0.15, 0.2) is 0 Å². The van der Waals surface area contributed by atoms with Crippen molar-refractivity contribution in [1.29, 1.82) is 0 Å². The summed E-state index contributed by atoms with van der Waals surface area (Å²) in [6.07, 6.45) is 1.95. The summed E-state index contributed by atoms with van der Waals surface area (Å²) in [5.74, 6) is 0.936. The number of nitrogens with one attached hydrogen (secondary N) is 1. The SMILES string of the molecule is CCn1cnc(C(CNC)C(C)C)c1Sc1cccc(Cl)c1. The summed E-state index contributed by atoms with van der Waals surface area (Å²) < 4.78 is 2.21. The van der Waals surface area contributed by atoms with Crippen molar-refractivity contribution in [1.82, 2.24) is 14.9 Å². The Morgan fingerprint density at radius 3 is 2.73 bits per heavy atom. The molecule has 1 aromatic heterocycles. The van der Waals surface area contributed by atoms with Crippen LogP contribution in [0.25, 0.3) is 0 Å². The molecule has 22 heavy (non-hydrogen) atoms. The lowest BCUT2D eigenvalue weighted by Gasteiger charge is -2.20. The van der Waals surface area contributed by atoms with Gasteiger partial charge in [0, 0.05) is 28.9 Å². The van der Waals surface area contributed by atoms with Gasteiger partial charge in [-0.3, -0.25) is 0 Å². The highest BCUT2D eigenvalue weighted by molar-refractivity contribution is 7.99. The van der Waals surface area contributed by atoms with Gasteiger partial charge in [-0.1, -0.05) is 43.3 Å². The van der Waals surface area contributed by atoms with Crippen molar-refractivity contribution in [2.75, 3.05) is 13.6 Å². The number of halogens is 1. The maximum atomic E-state index is 6.12. The van der Waals surface area contributed by atoms with Gasteiger partial charge in [-0.05, 0) is 38.1 Å². The van der Waals surface area contributed by atoms with Gasteiger partial charge in [0.1, 0.15) is 5.03 Å². The van der Waals surface area contributed by atoms with E-state index in [0.717, 1.165) is 23.0 Å². The molecule has 0 bridgehead atoms. The van der Waals surface area contributed by atoms with E-state index in [-0.39, 0.29) is 0 Å². The zero-order valence-corrected chi connectivity index (χ0v) is 15.2. The molecule has 120 valence electrons. The molecule has 0 aliphatic rings. The summed E-state index contributed by atoms with van der Waals surface area (Å²) >= 11 is 7.86.